The summed E-state index contributed by atoms with van der Waals surface area (Å²) in [4.78, 5) is 8.89. The summed E-state index contributed by atoms with van der Waals surface area (Å²) in [6.07, 6.45) is 3.32. The first kappa shape index (κ1) is 20.8. The van der Waals surface area contributed by atoms with Gasteiger partial charge in [0, 0.05) is 37.4 Å². The monoisotopic (exact) mass is 407 g/mol. The quantitative estimate of drug-likeness (QED) is 0.734. The number of piperidine rings is 1. The number of aryl methyl sites for hydroxylation is 2. The van der Waals surface area contributed by atoms with Crippen LogP contribution in [0.4, 0.5) is 4.39 Å². The van der Waals surface area contributed by atoms with E-state index in [2.05, 4.69) is 9.97 Å². The smallest absolute Gasteiger partial charge is 0.243 e. The summed E-state index contributed by atoms with van der Waals surface area (Å²) in [5, 5.41) is 0. The van der Waals surface area contributed by atoms with Crippen molar-refractivity contribution in [2.45, 2.75) is 51.0 Å². The fourth-order valence-electron chi connectivity index (χ4n) is 3.56. The van der Waals surface area contributed by atoms with Gasteiger partial charge in [-0.1, -0.05) is 6.07 Å². The van der Waals surface area contributed by atoms with Crippen molar-refractivity contribution in [1.82, 2.24) is 14.3 Å². The molecule has 28 heavy (non-hydrogen) atoms. The highest BCUT2D eigenvalue weighted by Gasteiger charge is 2.33. The Bertz CT molecular complexity index is 950. The van der Waals surface area contributed by atoms with E-state index >= 15 is 0 Å². The lowest BCUT2D eigenvalue weighted by molar-refractivity contribution is 0.132. The van der Waals surface area contributed by atoms with E-state index in [9.17, 15) is 12.8 Å². The molecule has 1 aromatic carbocycles. The molecular formula is C20H26FN3O3S. The number of ether oxygens (including phenoxy) is 1. The Morgan fingerprint density at radius 1 is 1.32 bits per heavy atom. The summed E-state index contributed by atoms with van der Waals surface area (Å²) in [6.45, 7) is 7.14. The molecule has 1 aromatic heterocycles. The van der Waals surface area contributed by atoms with Crippen LogP contribution in [-0.4, -0.2) is 42.4 Å². The van der Waals surface area contributed by atoms with Gasteiger partial charge in [0.1, 0.15) is 11.6 Å². The van der Waals surface area contributed by atoms with E-state index < -0.39 is 15.8 Å². The summed E-state index contributed by atoms with van der Waals surface area (Å²) >= 11 is 0. The van der Waals surface area contributed by atoms with Crippen molar-refractivity contribution in [3.05, 3.63) is 52.9 Å². The number of benzene rings is 1. The number of aromatic nitrogens is 2. The van der Waals surface area contributed by atoms with Crippen LogP contribution in [0, 0.1) is 19.7 Å². The highest BCUT2D eigenvalue weighted by molar-refractivity contribution is 7.89. The van der Waals surface area contributed by atoms with Gasteiger partial charge >= 0.3 is 0 Å². The lowest BCUT2D eigenvalue weighted by Gasteiger charge is -2.32. The van der Waals surface area contributed by atoms with Crippen molar-refractivity contribution in [2.75, 3.05) is 19.7 Å². The topological polar surface area (TPSA) is 72.4 Å². The molecule has 1 aliphatic heterocycles. The van der Waals surface area contributed by atoms with E-state index in [-0.39, 0.29) is 10.8 Å². The molecule has 152 valence electrons. The van der Waals surface area contributed by atoms with Gasteiger partial charge in [0.15, 0.2) is 0 Å². The van der Waals surface area contributed by atoms with Gasteiger partial charge in [-0.05, 0) is 51.3 Å². The number of rotatable bonds is 6. The van der Waals surface area contributed by atoms with Crippen LogP contribution in [-0.2, 0) is 21.4 Å². The van der Waals surface area contributed by atoms with Crippen LogP contribution in [0.1, 0.15) is 48.3 Å². The lowest BCUT2D eigenvalue weighted by Crippen LogP contribution is -2.39. The molecule has 2 aromatic rings. The zero-order valence-electron chi connectivity index (χ0n) is 16.5. The number of halogens is 1. The third kappa shape index (κ3) is 4.39. The molecule has 8 heteroatoms. The lowest BCUT2D eigenvalue weighted by atomic mass is 9.93. The van der Waals surface area contributed by atoms with Crippen LogP contribution < -0.4 is 0 Å². The van der Waals surface area contributed by atoms with E-state index in [0.717, 1.165) is 30.2 Å². The van der Waals surface area contributed by atoms with E-state index in [1.807, 2.05) is 13.8 Å². The second-order valence-corrected chi connectivity index (χ2v) is 8.98. The first-order valence-corrected chi connectivity index (χ1v) is 10.9. The molecule has 2 heterocycles. The van der Waals surface area contributed by atoms with Crippen molar-refractivity contribution < 1.29 is 17.5 Å². The Hall–Kier alpha value is -1.90. The summed E-state index contributed by atoms with van der Waals surface area (Å²) in [5.41, 5.74) is 2.27. The van der Waals surface area contributed by atoms with Crippen LogP contribution in [0.15, 0.2) is 29.3 Å². The Kier molecular flexibility index (Phi) is 6.42. The van der Waals surface area contributed by atoms with Crippen LogP contribution in [0.3, 0.4) is 0 Å². The molecule has 3 rings (SSSR count). The van der Waals surface area contributed by atoms with E-state index in [0.29, 0.717) is 37.7 Å². The molecule has 1 fully saturated rings. The third-order valence-corrected chi connectivity index (χ3v) is 7.03. The molecular weight excluding hydrogens is 381 g/mol. The van der Waals surface area contributed by atoms with Crippen molar-refractivity contribution in [3.8, 4) is 0 Å². The largest absolute Gasteiger partial charge is 0.377 e. The zero-order valence-corrected chi connectivity index (χ0v) is 17.3. The Morgan fingerprint density at radius 3 is 2.86 bits per heavy atom. The fraction of sp³-hybridized carbons (Fsp3) is 0.500. The van der Waals surface area contributed by atoms with Crippen molar-refractivity contribution >= 4 is 10.0 Å². The molecule has 0 radical (unpaired) electrons. The maximum Gasteiger partial charge on any atom is 0.243 e. The number of nitrogens with zero attached hydrogens (tertiary/aromatic N) is 3. The van der Waals surface area contributed by atoms with Gasteiger partial charge in [0.05, 0.1) is 17.2 Å². The average Bonchev–Trinajstić information content (AvgIpc) is 2.69. The molecule has 0 spiro atoms. The fourth-order valence-corrected chi connectivity index (χ4v) is 5.32. The minimum Gasteiger partial charge on any atom is -0.377 e. The molecule has 0 saturated carbocycles. The minimum atomic E-state index is -3.78. The second-order valence-electron chi connectivity index (χ2n) is 7.08. The van der Waals surface area contributed by atoms with Gasteiger partial charge in [-0.25, -0.2) is 22.8 Å². The van der Waals surface area contributed by atoms with E-state index in [4.69, 9.17) is 4.74 Å². The standard InChI is InChI=1S/C20H26FN3O3S/c1-4-27-13-17-11-22-15(3)23-20(17)16-6-5-9-24(12-16)28(25,26)19-10-18(21)8-7-14(19)2/h7-8,10-11,16H,4-6,9,12-13H2,1-3H3. The molecule has 1 unspecified atom stereocenters. The van der Waals surface area contributed by atoms with E-state index in [1.165, 1.54) is 16.4 Å². The zero-order chi connectivity index (χ0) is 20.3. The Morgan fingerprint density at radius 2 is 2.11 bits per heavy atom. The van der Waals surface area contributed by atoms with Crippen molar-refractivity contribution in [2.24, 2.45) is 0 Å². The minimum absolute atomic E-state index is 0.0292. The first-order valence-electron chi connectivity index (χ1n) is 9.49. The summed E-state index contributed by atoms with van der Waals surface area (Å²) in [5.74, 6) is 0.0499. The average molecular weight is 408 g/mol. The molecule has 1 saturated heterocycles. The molecule has 6 nitrogen and oxygen atoms in total. The normalized spacial score (nSPS) is 18.4. The van der Waals surface area contributed by atoms with Crippen molar-refractivity contribution in [1.29, 1.82) is 0 Å². The second kappa shape index (κ2) is 8.63. The Balaban J connectivity index is 1.90. The highest BCUT2D eigenvalue weighted by atomic mass is 32.2. The Labute approximate surface area is 165 Å². The van der Waals surface area contributed by atoms with Crippen LogP contribution in [0.25, 0.3) is 0 Å². The molecule has 0 N–H and O–H groups in total. The molecule has 0 bridgehead atoms. The number of sulfonamides is 1. The summed E-state index contributed by atoms with van der Waals surface area (Å²) in [7, 11) is -3.78. The summed E-state index contributed by atoms with van der Waals surface area (Å²) < 4.78 is 47.0. The first-order chi connectivity index (χ1) is 13.3. The number of hydrogen-bond acceptors (Lipinski definition) is 5. The molecule has 1 atom stereocenters. The van der Waals surface area contributed by atoms with Crippen molar-refractivity contribution in [3.63, 3.8) is 0 Å². The van der Waals surface area contributed by atoms with Gasteiger partial charge in [-0.2, -0.15) is 4.31 Å². The third-order valence-electron chi connectivity index (χ3n) is 5.02. The number of hydrogen-bond donors (Lipinski definition) is 0. The van der Waals surface area contributed by atoms with Gasteiger partial charge in [-0.3, -0.25) is 0 Å². The predicted octanol–water partition coefficient (Wildman–Crippen LogP) is 3.34. The van der Waals surface area contributed by atoms with Gasteiger partial charge in [-0.15, -0.1) is 0 Å². The highest BCUT2D eigenvalue weighted by Crippen LogP contribution is 2.32. The predicted molar refractivity (Wildman–Crippen MR) is 104 cm³/mol. The van der Waals surface area contributed by atoms with Gasteiger partial charge < -0.3 is 4.74 Å². The molecule has 0 amide bonds. The van der Waals surface area contributed by atoms with Crippen LogP contribution in [0.2, 0.25) is 0 Å². The molecule has 0 aliphatic carbocycles. The summed E-state index contributed by atoms with van der Waals surface area (Å²) in [6, 6.07) is 3.87. The SMILES string of the molecule is CCOCc1cnc(C)nc1C1CCCN(S(=O)(=O)c2cc(F)ccc2C)C1. The van der Waals surface area contributed by atoms with Gasteiger partial charge in [0.2, 0.25) is 10.0 Å². The van der Waals surface area contributed by atoms with Crippen LogP contribution in [0.5, 0.6) is 0 Å². The molecule has 1 aliphatic rings. The maximum atomic E-state index is 13.7. The van der Waals surface area contributed by atoms with Gasteiger partial charge in [0.25, 0.3) is 0 Å². The maximum absolute atomic E-state index is 13.7. The van der Waals surface area contributed by atoms with E-state index in [1.54, 1.807) is 13.1 Å². The van der Waals surface area contributed by atoms with Crippen LogP contribution >= 0.6 is 0 Å².